The Morgan fingerprint density at radius 2 is 1.59 bits per heavy atom. The lowest BCUT2D eigenvalue weighted by Crippen LogP contribution is -2.19. The van der Waals surface area contributed by atoms with Crippen LogP contribution in [-0.4, -0.2) is 32.0 Å². The van der Waals surface area contributed by atoms with Gasteiger partial charge in [-0.15, -0.1) is 5.10 Å². The molecular formula is C22H17N5O2. The summed E-state index contributed by atoms with van der Waals surface area (Å²) in [5, 5.41) is 18.0. The molecule has 0 aliphatic heterocycles. The van der Waals surface area contributed by atoms with Crippen molar-refractivity contribution in [1.82, 2.24) is 20.2 Å². The predicted molar refractivity (Wildman–Crippen MR) is 110 cm³/mol. The van der Waals surface area contributed by atoms with Crippen LogP contribution < -0.4 is 5.43 Å². The van der Waals surface area contributed by atoms with E-state index in [1.54, 1.807) is 28.9 Å². The number of aromatic nitrogens is 3. The molecule has 1 heterocycles. The van der Waals surface area contributed by atoms with Crippen molar-refractivity contribution in [1.29, 1.82) is 0 Å². The molecule has 0 aliphatic rings. The number of hydrogen-bond acceptors (Lipinski definition) is 5. The second-order valence-electron chi connectivity index (χ2n) is 6.13. The number of benzene rings is 3. The van der Waals surface area contributed by atoms with Gasteiger partial charge < -0.3 is 5.11 Å². The molecule has 0 saturated carbocycles. The van der Waals surface area contributed by atoms with E-state index in [0.717, 1.165) is 11.3 Å². The van der Waals surface area contributed by atoms with E-state index in [9.17, 15) is 9.90 Å². The maximum atomic E-state index is 12.5. The minimum Gasteiger partial charge on any atom is -0.507 e. The molecule has 0 unspecified atom stereocenters. The van der Waals surface area contributed by atoms with E-state index in [1.807, 2.05) is 60.7 Å². The summed E-state index contributed by atoms with van der Waals surface area (Å²) >= 11 is 0. The highest BCUT2D eigenvalue weighted by molar-refractivity contribution is 5.92. The van der Waals surface area contributed by atoms with E-state index < -0.39 is 5.91 Å². The number of aromatic hydroxyl groups is 1. The molecule has 142 valence electrons. The van der Waals surface area contributed by atoms with E-state index in [4.69, 9.17) is 0 Å². The van der Waals surface area contributed by atoms with E-state index in [1.165, 1.54) is 6.21 Å². The van der Waals surface area contributed by atoms with Crippen LogP contribution in [0.25, 0.3) is 17.1 Å². The number of phenolic OH excluding ortho intramolecular Hbond substituents is 1. The Labute approximate surface area is 167 Å². The number of carbonyl (C=O) groups excluding carboxylic acids is 1. The van der Waals surface area contributed by atoms with Crippen molar-refractivity contribution < 1.29 is 9.90 Å². The zero-order valence-electron chi connectivity index (χ0n) is 15.3. The highest BCUT2D eigenvalue weighted by atomic mass is 16.3. The van der Waals surface area contributed by atoms with Crippen molar-refractivity contribution in [3.63, 3.8) is 0 Å². The van der Waals surface area contributed by atoms with Gasteiger partial charge in [-0.1, -0.05) is 60.7 Å². The van der Waals surface area contributed by atoms with Crippen molar-refractivity contribution >= 4 is 12.1 Å². The lowest BCUT2D eigenvalue weighted by molar-refractivity contribution is 0.0945. The summed E-state index contributed by atoms with van der Waals surface area (Å²) < 4.78 is 1.62. The van der Waals surface area contributed by atoms with Gasteiger partial charge in [-0.2, -0.15) is 5.10 Å². The first-order valence-electron chi connectivity index (χ1n) is 8.91. The van der Waals surface area contributed by atoms with Crippen molar-refractivity contribution in [2.24, 2.45) is 5.10 Å². The van der Waals surface area contributed by atoms with Gasteiger partial charge in [-0.05, 0) is 24.3 Å². The molecule has 0 aliphatic carbocycles. The Hall–Kier alpha value is -4.26. The summed E-state index contributed by atoms with van der Waals surface area (Å²) in [5.41, 5.74) is 4.51. The molecule has 4 rings (SSSR count). The third-order valence-electron chi connectivity index (χ3n) is 4.15. The first-order chi connectivity index (χ1) is 14.2. The lowest BCUT2D eigenvalue weighted by atomic mass is 10.2. The monoisotopic (exact) mass is 383 g/mol. The SMILES string of the molecule is O=C(NN=Cc1ccccc1O)c1nc(-c2ccccc2)n(-c2ccccc2)n1. The zero-order chi connectivity index (χ0) is 20.1. The van der Waals surface area contributed by atoms with Crippen LogP contribution in [0.5, 0.6) is 5.75 Å². The molecule has 4 aromatic rings. The third kappa shape index (κ3) is 4.03. The standard InChI is InChI=1S/C22H17N5O2/c28-19-14-8-7-11-17(19)15-23-25-22(29)20-24-21(16-9-3-1-4-10-16)27(26-20)18-12-5-2-6-13-18/h1-15,28H,(H,25,29). The molecule has 29 heavy (non-hydrogen) atoms. The fraction of sp³-hybridized carbons (Fsp3) is 0. The van der Waals surface area contributed by atoms with E-state index in [0.29, 0.717) is 11.4 Å². The van der Waals surface area contributed by atoms with Crippen molar-refractivity contribution in [2.75, 3.05) is 0 Å². The topological polar surface area (TPSA) is 92.4 Å². The largest absolute Gasteiger partial charge is 0.507 e. The normalized spacial score (nSPS) is 10.9. The fourth-order valence-corrected chi connectivity index (χ4v) is 2.74. The third-order valence-corrected chi connectivity index (χ3v) is 4.15. The highest BCUT2D eigenvalue weighted by Gasteiger charge is 2.18. The molecular weight excluding hydrogens is 366 g/mol. The molecule has 0 radical (unpaired) electrons. The van der Waals surface area contributed by atoms with Gasteiger partial charge in [0, 0.05) is 11.1 Å². The van der Waals surface area contributed by atoms with Gasteiger partial charge in [-0.3, -0.25) is 4.79 Å². The van der Waals surface area contributed by atoms with Crippen LogP contribution in [0.15, 0.2) is 90.0 Å². The predicted octanol–water partition coefficient (Wildman–Crippen LogP) is 3.40. The van der Waals surface area contributed by atoms with Gasteiger partial charge in [0.15, 0.2) is 5.82 Å². The van der Waals surface area contributed by atoms with Crippen LogP contribution in [0, 0.1) is 0 Å². The highest BCUT2D eigenvalue weighted by Crippen LogP contribution is 2.21. The van der Waals surface area contributed by atoms with Gasteiger partial charge in [0.25, 0.3) is 0 Å². The zero-order valence-corrected chi connectivity index (χ0v) is 15.3. The molecule has 3 aromatic carbocycles. The molecule has 1 amide bonds. The summed E-state index contributed by atoms with van der Waals surface area (Å²) in [6.07, 6.45) is 1.36. The van der Waals surface area contributed by atoms with Crippen LogP contribution in [-0.2, 0) is 0 Å². The number of phenols is 1. The molecule has 0 saturated heterocycles. The average molecular weight is 383 g/mol. The number of para-hydroxylation sites is 2. The maximum absolute atomic E-state index is 12.5. The van der Waals surface area contributed by atoms with Gasteiger partial charge >= 0.3 is 5.91 Å². The lowest BCUT2D eigenvalue weighted by Gasteiger charge is -2.05. The quantitative estimate of drug-likeness (QED) is 0.408. The van der Waals surface area contributed by atoms with Gasteiger partial charge in [0.2, 0.25) is 5.82 Å². The van der Waals surface area contributed by atoms with E-state index in [-0.39, 0.29) is 11.6 Å². The molecule has 0 atom stereocenters. The average Bonchev–Trinajstić information content (AvgIpc) is 3.22. The summed E-state index contributed by atoms with van der Waals surface area (Å²) in [6, 6.07) is 25.7. The van der Waals surface area contributed by atoms with Crippen molar-refractivity contribution in [2.45, 2.75) is 0 Å². The Morgan fingerprint density at radius 3 is 2.31 bits per heavy atom. The molecule has 7 nitrogen and oxygen atoms in total. The van der Waals surface area contributed by atoms with E-state index in [2.05, 4.69) is 20.6 Å². The van der Waals surface area contributed by atoms with Crippen LogP contribution in [0.1, 0.15) is 16.2 Å². The molecule has 7 heteroatoms. The number of nitrogens with zero attached hydrogens (tertiary/aromatic N) is 4. The molecule has 2 N–H and O–H groups in total. The summed E-state index contributed by atoms with van der Waals surface area (Å²) in [4.78, 5) is 16.9. The maximum Gasteiger partial charge on any atom is 0.311 e. The van der Waals surface area contributed by atoms with Crippen LogP contribution in [0.2, 0.25) is 0 Å². The molecule has 0 spiro atoms. The summed E-state index contributed by atoms with van der Waals surface area (Å²) in [5.74, 6) is 0.0562. The van der Waals surface area contributed by atoms with Gasteiger partial charge in [0.1, 0.15) is 5.75 Å². The number of hydrazone groups is 1. The number of amides is 1. The number of hydrogen-bond donors (Lipinski definition) is 2. The second kappa shape index (κ2) is 8.18. The molecule has 1 aromatic heterocycles. The van der Waals surface area contributed by atoms with Crippen LogP contribution in [0.3, 0.4) is 0 Å². The molecule has 0 bridgehead atoms. The Bertz CT molecular complexity index is 1100. The summed E-state index contributed by atoms with van der Waals surface area (Å²) in [6.45, 7) is 0. The van der Waals surface area contributed by atoms with Crippen LogP contribution in [0.4, 0.5) is 0 Å². The first-order valence-corrected chi connectivity index (χ1v) is 8.91. The minimum atomic E-state index is -0.552. The number of carbonyl (C=O) groups is 1. The van der Waals surface area contributed by atoms with Gasteiger partial charge in [0.05, 0.1) is 11.9 Å². The fourth-order valence-electron chi connectivity index (χ4n) is 2.74. The second-order valence-corrected chi connectivity index (χ2v) is 6.13. The first kappa shape index (κ1) is 18.1. The number of rotatable bonds is 5. The van der Waals surface area contributed by atoms with Crippen molar-refractivity contribution in [3.05, 3.63) is 96.3 Å². The number of nitrogens with one attached hydrogen (secondary N) is 1. The van der Waals surface area contributed by atoms with Crippen LogP contribution >= 0.6 is 0 Å². The smallest absolute Gasteiger partial charge is 0.311 e. The Balaban J connectivity index is 1.63. The van der Waals surface area contributed by atoms with Gasteiger partial charge in [-0.25, -0.2) is 15.1 Å². The molecule has 0 fully saturated rings. The minimum absolute atomic E-state index is 0.0119. The van der Waals surface area contributed by atoms with E-state index >= 15 is 0 Å². The van der Waals surface area contributed by atoms with Crippen molar-refractivity contribution in [3.8, 4) is 22.8 Å². The Morgan fingerprint density at radius 1 is 0.931 bits per heavy atom. The Kier molecular flexibility index (Phi) is 5.11. The summed E-state index contributed by atoms with van der Waals surface area (Å²) in [7, 11) is 0.